The largest absolute Gasteiger partial charge is 0.452 e. The zero-order valence-electron chi connectivity index (χ0n) is 7.25. The van der Waals surface area contributed by atoms with E-state index >= 15 is 0 Å². The minimum Gasteiger partial charge on any atom is -0.452 e. The van der Waals surface area contributed by atoms with Crippen LogP contribution in [-0.2, 0) is 19.1 Å². The van der Waals surface area contributed by atoms with Crippen LogP contribution < -0.4 is 5.73 Å². The number of fused-ring (bicyclic) bond motifs is 1. The van der Waals surface area contributed by atoms with Crippen LogP contribution in [0.4, 0.5) is 0 Å². The molecule has 2 heterocycles. The highest BCUT2D eigenvalue weighted by Gasteiger charge is 2.32. The lowest BCUT2D eigenvalue weighted by Crippen LogP contribution is -2.43. The van der Waals surface area contributed by atoms with Crippen LogP contribution in [0.5, 0.6) is 0 Å². The molecule has 3 atom stereocenters. The van der Waals surface area contributed by atoms with E-state index in [0.29, 0.717) is 0 Å². The molecule has 74 valence electrons. The van der Waals surface area contributed by atoms with Gasteiger partial charge >= 0.3 is 5.97 Å². The van der Waals surface area contributed by atoms with Gasteiger partial charge in [0.2, 0.25) is 0 Å². The Hall–Kier alpha value is -1.62. The number of rotatable bonds is 1. The fourth-order valence-electron chi connectivity index (χ4n) is 1.38. The standard InChI is InChI=1S/C9H9NO4/c10-9(12)7-2-1-6-5(13-7)3-4-8(11)14-6/h1-7H,(H2,10,12)/t5-,6-,7+/m1/s1. The number of esters is 1. The van der Waals surface area contributed by atoms with Crippen molar-refractivity contribution in [1.82, 2.24) is 0 Å². The van der Waals surface area contributed by atoms with Crippen LogP contribution in [0.1, 0.15) is 0 Å². The molecule has 14 heavy (non-hydrogen) atoms. The Morgan fingerprint density at radius 3 is 2.79 bits per heavy atom. The van der Waals surface area contributed by atoms with Crippen molar-refractivity contribution in [3.05, 3.63) is 24.3 Å². The zero-order chi connectivity index (χ0) is 10.1. The van der Waals surface area contributed by atoms with Gasteiger partial charge in [0.25, 0.3) is 5.91 Å². The van der Waals surface area contributed by atoms with E-state index in [1.165, 1.54) is 12.2 Å². The molecule has 2 aliphatic heterocycles. The quantitative estimate of drug-likeness (QED) is 0.442. The lowest BCUT2D eigenvalue weighted by atomic mass is 10.1. The van der Waals surface area contributed by atoms with Crippen molar-refractivity contribution in [3.8, 4) is 0 Å². The molecule has 0 saturated heterocycles. The van der Waals surface area contributed by atoms with Gasteiger partial charge in [-0.2, -0.15) is 0 Å². The van der Waals surface area contributed by atoms with Gasteiger partial charge in [-0.3, -0.25) is 4.79 Å². The van der Waals surface area contributed by atoms with E-state index < -0.39 is 30.2 Å². The van der Waals surface area contributed by atoms with Gasteiger partial charge in [-0.25, -0.2) is 4.79 Å². The number of amides is 1. The van der Waals surface area contributed by atoms with Gasteiger partial charge < -0.3 is 15.2 Å². The molecule has 0 spiro atoms. The molecule has 2 N–H and O–H groups in total. The molecular formula is C9H9NO4. The second kappa shape index (κ2) is 3.26. The van der Waals surface area contributed by atoms with E-state index in [-0.39, 0.29) is 0 Å². The van der Waals surface area contributed by atoms with Crippen molar-refractivity contribution in [3.63, 3.8) is 0 Å². The predicted molar refractivity (Wildman–Crippen MR) is 46.0 cm³/mol. The Bertz CT molecular complexity index is 334. The average Bonchev–Trinajstić information content (AvgIpc) is 2.16. The van der Waals surface area contributed by atoms with Crippen molar-refractivity contribution in [1.29, 1.82) is 0 Å². The molecule has 0 saturated carbocycles. The summed E-state index contributed by atoms with van der Waals surface area (Å²) in [5.41, 5.74) is 5.07. The molecule has 1 amide bonds. The third kappa shape index (κ3) is 1.54. The van der Waals surface area contributed by atoms with E-state index in [0.717, 1.165) is 0 Å². The van der Waals surface area contributed by atoms with E-state index in [9.17, 15) is 9.59 Å². The second-order valence-electron chi connectivity index (χ2n) is 3.07. The SMILES string of the molecule is NC(=O)[C@@H]1C=C[C@H]2OC(=O)C=C[C@H]2O1. The summed E-state index contributed by atoms with van der Waals surface area (Å²) in [6.45, 7) is 0. The number of nitrogens with two attached hydrogens (primary N) is 1. The van der Waals surface area contributed by atoms with E-state index in [2.05, 4.69) is 0 Å². The molecule has 0 bridgehead atoms. The molecule has 2 aliphatic rings. The highest BCUT2D eigenvalue weighted by molar-refractivity contribution is 5.84. The maximum Gasteiger partial charge on any atom is 0.331 e. The topological polar surface area (TPSA) is 78.6 Å². The predicted octanol–water partition coefficient (Wildman–Crippen LogP) is -0.723. The van der Waals surface area contributed by atoms with Gasteiger partial charge in [0.15, 0.2) is 12.2 Å². The van der Waals surface area contributed by atoms with Crippen LogP contribution in [0.2, 0.25) is 0 Å². The maximum atomic E-state index is 10.8. The number of hydrogen-bond donors (Lipinski definition) is 1. The first kappa shape index (κ1) is 8.96. The third-order valence-corrected chi connectivity index (χ3v) is 2.06. The summed E-state index contributed by atoms with van der Waals surface area (Å²) in [6.07, 6.45) is 4.37. The first-order chi connectivity index (χ1) is 6.66. The zero-order valence-corrected chi connectivity index (χ0v) is 7.25. The van der Waals surface area contributed by atoms with Crippen LogP contribution in [0.15, 0.2) is 24.3 Å². The van der Waals surface area contributed by atoms with E-state index in [1.54, 1.807) is 12.2 Å². The van der Waals surface area contributed by atoms with Crippen LogP contribution in [-0.4, -0.2) is 30.2 Å². The van der Waals surface area contributed by atoms with Crippen molar-refractivity contribution >= 4 is 11.9 Å². The van der Waals surface area contributed by atoms with Gasteiger partial charge in [0.1, 0.15) is 6.10 Å². The monoisotopic (exact) mass is 195 g/mol. The highest BCUT2D eigenvalue weighted by atomic mass is 16.6. The summed E-state index contributed by atoms with van der Waals surface area (Å²) in [7, 11) is 0. The molecule has 0 radical (unpaired) electrons. The van der Waals surface area contributed by atoms with E-state index in [1.807, 2.05) is 0 Å². The summed E-state index contributed by atoms with van der Waals surface area (Å²) in [6, 6.07) is 0. The van der Waals surface area contributed by atoms with Crippen molar-refractivity contribution in [2.75, 3.05) is 0 Å². The van der Waals surface area contributed by atoms with Crippen LogP contribution >= 0.6 is 0 Å². The maximum absolute atomic E-state index is 10.8. The van der Waals surface area contributed by atoms with Crippen LogP contribution in [0, 0.1) is 0 Å². The number of primary amides is 1. The molecule has 0 aliphatic carbocycles. The molecule has 2 rings (SSSR count). The molecular weight excluding hydrogens is 186 g/mol. The molecule has 0 fully saturated rings. The average molecular weight is 195 g/mol. The van der Waals surface area contributed by atoms with Gasteiger partial charge in [-0.05, 0) is 18.2 Å². The van der Waals surface area contributed by atoms with Gasteiger partial charge in [0, 0.05) is 6.08 Å². The Morgan fingerprint density at radius 2 is 2.07 bits per heavy atom. The minimum absolute atomic E-state index is 0.406. The summed E-state index contributed by atoms with van der Waals surface area (Å²) in [4.78, 5) is 21.7. The molecule has 0 aromatic rings. The van der Waals surface area contributed by atoms with Crippen molar-refractivity contribution < 1.29 is 19.1 Å². The Labute approximate surface area is 80.2 Å². The number of ether oxygens (including phenoxy) is 2. The van der Waals surface area contributed by atoms with E-state index in [4.69, 9.17) is 15.2 Å². The van der Waals surface area contributed by atoms with Gasteiger partial charge in [-0.1, -0.05) is 0 Å². The molecule has 5 heteroatoms. The number of hydrogen-bond acceptors (Lipinski definition) is 4. The molecule has 0 unspecified atom stereocenters. The van der Waals surface area contributed by atoms with Gasteiger partial charge in [0.05, 0.1) is 0 Å². The fourth-order valence-corrected chi connectivity index (χ4v) is 1.38. The molecule has 5 nitrogen and oxygen atoms in total. The Kier molecular flexibility index (Phi) is 2.09. The first-order valence-corrected chi connectivity index (χ1v) is 4.19. The van der Waals surface area contributed by atoms with Crippen molar-refractivity contribution in [2.45, 2.75) is 18.3 Å². The summed E-state index contributed by atoms with van der Waals surface area (Å²) in [5.74, 6) is -0.956. The normalized spacial score (nSPS) is 34.9. The molecule has 0 aromatic carbocycles. The third-order valence-electron chi connectivity index (χ3n) is 2.06. The minimum atomic E-state index is -0.738. The number of carbonyl (C=O) groups excluding carboxylic acids is 2. The first-order valence-electron chi connectivity index (χ1n) is 4.19. The highest BCUT2D eigenvalue weighted by Crippen LogP contribution is 2.20. The summed E-state index contributed by atoms with van der Waals surface area (Å²) >= 11 is 0. The van der Waals surface area contributed by atoms with Gasteiger partial charge in [-0.15, -0.1) is 0 Å². The number of carbonyl (C=O) groups is 2. The Balaban J connectivity index is 2.16. The smallest absolute Gasteiger partial charge is 0.331 e. The lowest BCUT2D eigenvalue weighted by molar-refractivity contribution is -0.152. The van der Waals surface area contributed by atoms with Crippen LogP contribution in [0.25, 0.3) is 0 Å². The summed E-state index contributed by atoms with van der Waals surface area (Å²) in [5, 5.41) is 0. The lowest BCUT2D eigenvalue weighted by Gasteiger charge is -2.30. The molecule has 0 aromatic heterocycles. The second-order valence-corrected chi connectivity index (χ2v) is 3.07. The summed E-state index contributed by atoms with van der Waals surface area (Å²) < 4.78 is 10.2. The Morgan fingerprint density at radius 1 is 1.29 bits per heavy atom. The fraction of sp³-hybridized carbons (Fsp3) is 0.333. The van der Waals surface area contributed by atoms with Crippen molar-refractivity contribution in [2.24, 2.45) is 5.73 Å². The van der Waals surface area contributed by atoms with Crippen LogP contribution in [0.3, 0.4) is 0 Å².